The lowest BCUT2D eigenvalue weighted by atomic mass is 9.77. The number of aliphatic hydroxyl groups is 1. The number of nitrogens with zero attached hydrogens (tertiary/aromatic N) is 1. The number of nitrogens with one attached hydrogen (secondary N) is 1. The van der Waals surface area contributed by atoms with Crippen LogP contribution in [-0.4, -0.2) is 52.7 Å². The molecule has 1 aromatic carbocycles. The van der Waals surface area contributed by atoms with Gasteiger partial charge in [0.25, 0.3) is 5.91 Å². The standard InChI is InChI=1S/C18H20BrFN2O3/c1-17(25)5-11(6-17)21-15(23)8-22-9-18(7-14(18)20)13-4-10(19)2-3-12(13)16(22)24/h2-4,11,14,25H,5-9H2,1H3,(H,21,23)/t11?,14-,17?,18-/m0/s1. The summed E-state index contributed by atoms with van der Waals surface area (Å²) >= 11 is 3.38. The molecule has 2 N–H and O–H groups in total. The maximum Gasteiger partial charge on any atom is 0.254 e. The highest BCUT2D eigenvalue weighted by molar-refractivity contribution is 9.10. The van der Waals surface area contributed by atoms with Gasteiger partial charge in [-0.15, -0.1) is 0 Å². The lowest BCUT2D eigenvalue weighted by molar-refractivity contribution is -0.125. The molecule has 5 nitrogen and oxygen atoms in total. The summed E-state index contributed by atoms with van der Waals surface area (Å²) in [6.45, 7) is 1.88. The van der Waals surface area contributed by atoms with E-state index in [-0.39, 0.29) is 30.9 Å². The number of hydrogen-bond donors (Lipinski definition) is 2. The van der Waals surface area contributed by atoms with Crippen LogP contribution < -0.4 is 5.32 Å². The van der Waals surface area contributed by atoms with Gasteiger partial charge in [0.05, 0.1) is 12.1 Å². The summed E-state index contributed by atoms with van der Waals surface area (Å²) in [4.78, 5) is 26.4. The summed E-state index contributed by atoms with van der Waals surface area (Å²) in [7, 11) is 0. The summed E-state index contributed by atoms with van der Waals surface area (Å²) < 4.78 is 15.0. The predicted molar refractivity (Wildman–Crippen MR) is 93.0 cm³/mol. The molecule has 7 heteroatoms. The Morgan fingerprint density at radius 2 is 2.12 bits per heavy atom. The first-order chi connectivity index (χ1) is 11.7. The quantitative estimate of drug-likeness (QED) is 0.799. The van der Waals surface area contributed by atoms with Crippen molar-refractivity contribution in [1.82, 2.24) is 10.2 Å². The van der Waals surface area contributed by atoms with Crippen LogP contribution in [0, 0.1) is 0 Å². The SMILES string of the molecule is CC1(O)CC(NC(=O)CN2C[C@@]3(C[C@@H]3F)c3cc(Br)ccc3C2=O)C1. The average Bonchev–Trinajstić information content (AvgIpc) is 3.13. The first kappa shape index (κ1) is 17.0. The van der Waals surface area contributed by atoms with Crippen molar-refractivity contribution in [1.29, 1.82) is 0 Å². The van der Waals surface area contributed by atoms with Gasteiger partial charge in [-0.2, -0.15) is 0 Å². The van der Waals surface area contributed by atoms with E-state index in [2.05, 4.69) is 21.2 Å². The van der Waals surface area contributed by atoms with Gasteiger partial charge < -0.3 is 15.3 Å². The zero-order valence-electron chi connectivity index (χ0n) is 13.9. The van der Waals surface area contributed by atoms with Crippen LogP contribution in [0.25, 0.3) is 0 Å². The van der Waals surface area contributed by atoms with Crippen LogP contribution in [0.4, 0.5) is 4.39 Å². The van der Waals surface area contributed by atoms with E-state index >= 15 is 0 Å². The van der Waals surface area contributed by atoms with Crippen LogP contribution in [0.5, 0.6) is 0 Å². The molecular formula is C18H20BrFN2O3. The molecule has 2 atom stereocenters. The molecule has 3 aliphatic rings. The zero-order chi connectivity index (χ0) is 18.0. The Kier molecular flexibility index (Phi) is 3.74. The third-order valence-corrected chi connectivity index (χ3v) is 6.06. The number of amides is 2. The molecule has 2 amide bonds. The van der Waals surface area contributed by atoms with E-state index in [1.165, 1.54) is 4.90 Å². The lowest BCUT2D eigenvalue weighted by Crippen LogP contribution is -2.56. The molecule has 0 bridgehead atoms. The molecule has 1 aromatic rings. The minimum atomic E-state index is -0.985. The third kappa shape index (κ3) is 2.87. The maximum atomic E-state index is 14.2. The number of rotatable bonds is 3. The minimum Gasteiger partial charge on any atom is -0.390 e. The van der Waals surface area contributed by atoms with Gasteiger partial charge in [0.2, 0.25) is 5.91 Å². The minimum absolute atomic E-state index is 0.0607. The van der Waals surface area contributed by atoms with E-state index in [9.17, 15) is 19.1 Å². The molecule has 2 saturated carbocycles. The third-order valence-electron chi connectivity index (χ3n) is 5.56. The molecule has 25 heavy (non-hydrogen) atoms. The number of halogens is 2. The van der Waals surface area contributed by atoms with E-state index in [0.29, 0.717) is 24.8 Å². The number of hydrogen-bond acceptors (Lipinski definition) is 3. The molecule has 0 radical (unpaired) electrons. The number of fused-ring (bicyclic) bond motifs is 2. The second kappa shape index (κ2) is 5.51. The molecule has 0 unspecified atom stereocenters. The van der Waals surface area contributed by atoms with Crippen molar-refractivity contribution in [3.05, 3.63) is 33.8 Å². The van der Waals surface area contributed by atoms with Crippen molar-refractivity contribution < 1.29 is 19.1 Å². The van der Waals surface area contributed by atoms with Crippen LogP contribution >= 0.6 is 15.9 Å². The van der Waals surface area contributed by atoms with Gasteiger partial charge in [-0.05, 0) is 49.9 Å². The summed E-state index contributed by atoms with van der Waals surface area (Å²) in [6, 6.07) is 5.22. The fraction of sp³-hybridized carbons (Fsp3) is 0.556. The van der Waals surface area contributed by atoms with E-state index < -0.39 is 17.2 Å². The first-order valence-electron chi connectivity index (χ1n) is 8.45. The van der Waals surface area contributed by atoms with Gasteiger partial charge >= 0.3 is 0 Å². The topological polar surface area (TPSA) is 69.6 Å². The molecule has 1 aliphatic heterocycles. The molecule has 1 heterocycles. The van der Waals surface area contributed by atoms with Crippen LogP contribution in [-0.2, 0) is 10.2 Å². The molecule has 0 saturated heterocycles. The van der Waals surface area contributed by atoms with Crippen LogP contribution in [0.3, 0.4) is 0 Å². The first-order valence-corrected chi connectivity index (χ1v) is 9.25. The molecule has 4 rings (SSSR count). The molecular weight excluding hydrogens is 391 g/mol. The fourth-order valence-electron chi connectivity index (χ4n) is 4.16. The highest BCUT2D eigenvalue weighted by Gasteiger charge is 2.61. The Morgan fingerprint density at radius 3 is 2.72 bits per heavy atom. The maximum absolute atomic E-state index is 14.2. The van der Waals surface area contributed by atoms with Gasteiger partial charge in [-0.1, -0.05) is 15.9 Å². The monoisotopic (exact) mass is 410 g/mol. The van der Waals surface area contributed by atoms with Crippen molar-refractivity contribution in [2.75, 3.05) is 13.1 Å². The molecule has 1 spiro atoms. The number of carbonyl (C=O) groups excluding carboxylic acids is 2. The largest absolute Gasteiger partial charge is 0.390 e. The van der Waals surface area contributed by atoms with E-state index in [4.69, 9.17) is 0 Å². The summed E-state index contributed by atoms with van der Waals surface area (Å²) in [5.41, 5.74) is -0.168. The summed E-state index contributed by atoms with van der Waals surface area (Å²) in [6.07, 6.45) is 0.425. The van der Waals surface area contributed by atoms with Crippen LogP contribution in [0.2, 0.25) is 0 Å². The normalized spacial score (nSPS) is 36.0. The van der Waals surface area contributed by atoms with E-state index in [1.807, 2.05) is 6.07 Å². The predicted octanol–water partition coefficient (Wildman–Crippen LogP) is 1.91. The summed E-state index contributed by atoms with van der Waals surface area (Å²) in [5.74, 6) is -0.497. The van der Waals surface area contributed by atoms with Gasteiger partial charge in [-0.25, -0.2) is 4.39 Å². The molecule has 2 aliphatic carbocycles. The van der Waals surface area contributed by atoms with Crippen molar-refractivity contribution >= 4 is 27.7 Å². The highest BCUT2D eigenvalue weighted by atomic mass is 79.9. The lowest BCUT2D eigenvalue weighted by Gasteiger charge is -2.41. The molecule has 0 aromatic heterocycles. The number of alkyl halides is 1. The van der Waals surface area contributed by atoms with E-state index in [1.54, 1.807) is 19.1 Å². The van der Waals surface area contributed by atoms with Crippen molar-refractivity contribution in [2.24, 2.45) is 0 Å². The molecule has 2 fully saturated rings. The van der Waals surface area contributed by atoms with Crippen molar-refractivity contribution in [3.63, 3.8) is 0 Å². The number of carbonyl (C=O) groups is 2. The number of benzene rings is 1. The summed E-state index contributed by atoms with van der Waals surface area (Å²) in [5, 5.41) is 12.6. The van der Waals surface area contributed by atoms with Crippen LogP contribution in [0.1, 0.15) is 42.1 Å². The van der Waals surface area contributed by atoms with Gasteiger partial charge in [0.1, 0.15) is 6.17 Å². The van der Waals surface area contributed by atoms with Gasteiger partial charge in [-0.3, -0.25) is 9.59 Å². The highest BCUT2D eigenvalue weighted by Crippen LogP contribution is 2.54. The Morgan fingerprint density at radius 1 is 1.44 bits per heavy atom. The second-order valence-corrected chi connectivity index (χ2v) is 8.76. The van der Waals surface area contributed by atoms with Crippen molar-refractivity contribution in [3.8, 4) is 0 Å². The zero-order valence-corrected chi connectivity index (χ0v) is 15.5. The van der Waals surface area contributed by atoms with Gasteiger partial charge in [0.15, 0.2) is 0 Å². The van der Waals surface area contributed by atoms with Crippen LogP contribution in [0.15, 0.2) is 22.7 Å². The second-order valence-electron chi connectivity index (χ2n) is 7.85. The Balaban J connectivity index is 1.49. The average molecular weight is 411 g/mol. The Labute approximate surface area is 153 Å². The van der Waals surface area contributed by atoms with E-state index in [0.717, 1.165) is 10.0 Å². The molecule has 134 valence electrons. The smallest absolute Gasteiger partial charge is 0.254 e. The Bertz CT molecular complexity index is 761. The Hall–Kier alpha value is -1.47. The fourth-order valence-corrected chi connectivity index (χ4v) is 4.53. The van der Waals surface area contributed by atoms with Crippen molar-refractivity contribution in [2.45, 2.75) is 49.4 Å². The van der Waals surface area contributed by atoms with Gasteiger partial charge in [0, 0.05) is 28.0 Å².